The lowest BCUT2D eigenvalue weighted by Crippen LogP contribution is -2.47. The van der Waals surface area contributed by atoms with E-state index >= 15 is 0 Å². The molecule has 0 spiro atoms. The van der Waals surface area contributed by atoms with Gasteiger partial charge in [0.25, 0.3) is 0 Å². The van der Waals surface area contributed by atoms with Gasteiger partial charge in [0.1, 0.15) is 5.82 Å². The highest BCUT2D eigenvalue weighted by molar-refractivity contribution is 7.18. The standard InChI is InChI=1S/C21H26N4S/c1-16-8-9-22-19(15-16)25-13-11-24(12-14-25)10-4-7-20-23-18-6-3-5-17(2)21(18)26-20/h3,5-6,8-9,15H,4,7,10-14H2,1-2H3. The molecule has 4 nitrogen and oxygen atoms in total. The van der Waals surface area contributed by atoms with Crippen LogP contribution in [0.4, 0.5) is 5.82 Å². The van der Waals surface area contributed by atoms with Gasteiger partial charge in [-0.1, -0.05) is 12.1 Å². The number of fused-ring (bicyclic) bond motifs is 1. The van der Waals surface area contributed by atoms with Gasteiger partial charge >= 0.3 is 0 Å². The SMILES string of the molecule is Cc1ccnc(N2CCN(CCCc3nc4cccc(C)c4s3)CC2)c1. The van der Waals surface area contributed by atoms with Gasteiger partial charge in [0.15, 0.2) is 0 Å². The predicted molar refractivity (Wildman–Crippen MR) is 110 cm³/mol. The van der Waals surface area contributed by atoms with Crippen molar-refractivity contribution < 1.29 is 0 Å². The van der Waals surface area contributed by atoms with Crippen LogP contribution in [0.15, 0.2) is 36.5 Å². The number of hydrogen-bond donors (Lipinski definition) is 0. The van der Waals surface area contributed by atoms with Gasteiger partial charge in [0, 0.05) is 38.8 Å². The second kappa shape index (κ2) is 7.72. The molecule has 0 saturated carbocycles. The Morgan fingerprint density at radius 2 is 1.92 bits per heavy atom. The number of thiazole rings is 1. The van der Waals surface area contributed by atoms with Crippen molar-refractivity contribution in [2.24, 2.45) is 0 Å². The summed E-state index contributed by atoms with van der Waals surface area (Å²) in [6, 6.07) is 10.6. The van der Waals surface area contributed by atoms with E-state index in [-0.39, 0.29) is 0 Å². The molecule has 26 heavy (non-hydrogen) atoms. The summed E-state index contributed by atoms with van der Waals surface area (Å²) in [5.74, 6) is 1.12. The summed E-state index contributed by atoms with van der Waals surface area (Å²) in [6.45, 7) is 9.83. The number of hydrogen-bond acceptors (Lipinski definition) is 5. The number of aryl methyl sites for hydroxylation is 3. The molecule has 5 heteroatoms. The van der Waals surface area contributed by atoms with E-state index in [1.807, 2.05) is 17.5 Å². The van der Waals surface area contributed by atoms with Crippen molar-refractivity contribution in [1.82, 2.24) is 14.9 Å². The number of benzene rings is 1. The zero-order chi connectivity index (χ0) is 17.9. The fraction of sp³-hybridized carbons (Fsp3) is 0.429. The van der Waals surface area contributed by atoms with Crippen molar-refractivity contribution in [3.8, 4) is 0 Å². The van der Waals surface area contributed by atoms with Gasteiger partial charge in [-0.05, 0) is 56.1 Å². The summed E-state index contributed by atoms with van der Waals surface area (Å²) in [4.78, 5) is 14.3. The minimum absolute atomic E-state index is 1.07. The van der Waals surface area contributed by atoms with Crippen molar-refractivity contribution in [1.29, 1.82) is 0 Å². The molecule has 2 aromatic heterocycles. The smallest absolute Gasteiger partial charge is 0.128 e. The van der Waals surface area contributed by atoms with Crippen molar-refractivity contribution in [3.63, 3.8) is 0 Å². The summed E-state index contributed by atoms with van der Waals surface area (Å²) < 4.78 is 1.35. The van der Waals surface area contributed by atoms with E-state index in [0.29, 0.717) is 0 Å². The van der Waals surface area contributed by atoms with E-state index in [0.717, 1.165) is 50.5 Å². The number of rotatable bonds is 5. The van der Waals surface area contributed by atoms with Gasteiger partial charge in [-0.15, -0.1) is 11.3 Å². The van der Waals surface area contributed by atoms with Gasteiger partial charge in [-0.25, -0.2) is 9.97 Å². The molecule has 1 aromatic carbocycles. The Labute approximate surface area is 159 Å². The number of aromatic nitrogens is 2. The topological polar surface area (TPSA) is 32.3 Å². The molecular formula is C21H26N4S. The summed E-state index contributed by atoms with van der Waals surface area (Å²) in [7, 11) is 0. The van der Waals surface area contributed by atoms with E-state index in [2.05, 4.69) is 59.0 Å². The van der Waals surface area contributed by atoms with Crippen LogP contribution in [0, 0.1) is 13.8 Å². The normalized spacial score (nSPS) is 15.7. The van der Waals surface area contributed by atoms with Crippen LogP contribution in [0.2, 0.25) is 0 Å². The van der Waals surface area contributed by atoms with Crippen LogP contribution in [0.3, 0.4) is 0 Å². The van der Waals surface area contributed by atoms with E-state index in [9.17, 15) is 0 Å². The Morgan fingerprint density at radius 1 is 1.08 bits per heavy atom. The van der Waals surface area contributed by atoms with Crippen LogP contribution in [-0.2, 0) is 6.42 Å². The maximum absolute atomic E-state index is 4.80. The first kappa shape index (κ1) is 17.4. The lowest BCUT2D eigenvalue weighted by Gasteiger charge is -2.35. The molecule has 1 fully saturated rings. The van der Waals surface area contributed by atoms with E-state index < -0.39 is 0 Å². The highest BCUT2D eigenvalue weighted by Crippen LogP contribution is 2.26. The van der Waals surface area contributed by atoms with Crippen LogP contribution < -0.4 is 4.90 Å². The molecule has 0 atom stereocenters. The van der Waals surface area contributed by atoms with E-state index in [1.165, 1.54) is 27.3 Å². The number of piperazine rings is 1. The van der Waals surface area contributed by atoms with Crippen LogP contribution in [-0.4, -0.2) is 47.6 Å². The minimum Gasteiger partial charge on any atom is -0.354 e. The lowest BCUT2D eigenvalue weighted by atomic mass is 10.2. The first-order valence-electron chi connectivity index (χ1n) is 9.44. The third kappa shape index (κ3) is 3.89. The van der Waals surface area contributed by atoms with Gasteiger partial charge in [-0.2, -0.15) is 0 Å². The highest BCUT2D eigenvalue weighted by atomic mass is 32.1. The Morgan fingerprint density at radius 3 is 2.69 bits per heavy atom. The molecular weight excluding hydrogens is 340 g/mol. The largest absolute Gasteiger partial charge is 0.354 e. The van der Waals surface area contributed by atoms with Crippen LogP contribution in [0.25, 0.3) is 10.2 Å². The monoisotopic (exact) mass is 366 g/mol. The Bertz CT molecular complexity index is 881. The van der Waals surface area contributed by atoms with Gasteiger partial charge in [0.2, 0.25) is 0 Å². The van der Waals surface area contributed by atoms with Gasteiger partial charge in [0.05, 0.1) is 15.2 Å². The first-order chi connectivity index (χ1) is 12.7. The summed E-state index contributed by atoms with van der Waals surface area (Å²) >= 11 is 1.86. The lowest BCUT2D eigenvalue weighted by molar-refractivity contribution is 0.254. The summed E-state index contributed by atoms with van der Waals surface area (Å²) in [5, 5.41) is 1.27. The fourth-order valence-corrected chi connectivity index (χ4v) is 4.66. The van der Waals surface area contributed by atoms with Crippen LogP contribution in [0.5, 0.6) is 0 Å². The van der Waals surface area contributed by atoms with Crippen molar-refractivity contribution >= 4 is 27.4 Å². The van der Waals surface area contributed by atoms with Crippen molar-refractivity contribution in [3.05, 3.63) is 52.7 Å². The molecule has 3 heterocycles. The third-order valence-corrected chi connectivity index (χ3v) is 6.38. The predicted octanol–water partition coefficient (Wildman–Crippen LogP) is 4.06. The number of nitrogens with zero attached hydrogens (tertiary/aromatic N) is 4. The van der Waals surface area contributed by atoms with Crippen LogP contribution in [0.1, 0.15) is 22.6 Å². The molecule has 4 rings (SSSR count). The van der Waals surface area contributed by atoms with Crippen molar-refractivity contribution in [2.75, 3.05) is 37.6 Å². The van der Waals surface area contributed by atoms with Crippen LogP contribution >= 0.6 is 11.3 Å². The number of pyridine rings is 1. The molecule has 1 aliphatic heterocycles. The van der Waals surface area contributed by atoms with Gasteiger partial charge < -0.3 is 4.90 Å². The third-order valence-electron chi connectivity index (χ3n) is 5.12. The number of anilines is 1. The zero-order valence-electron chi connectivity index (χ0n) is 15.6. The van der Waals surface area contributed by atoms with Crippen molar-refractivity contribution in [2.45, 2.75) is 26.7 Å². The summed E-state index contributed by atoms with van der Waals surface area (Å²) in [6.07, 6.45) is 4.18. The minimum atomic E-state index is 1.07. The molecule has 1 saturated heterocycles. The van der Waals surface area contributed by atoms with E-state index in [4.69, 9.17) is 4.98 Å². The maximum Gasteiger partial charge on any atom is 0.128 e. The fourth-order valence-electron chi connectivity index (χ4n) is 3.59. The molecule has 136 valence electrons. The average Bonchev–Trinajstić information content (AvgIpc) is 3.07. The molecule has 0 amide bonds. The second-order valence-corrected chi connectivity index (χ2v) is 8.24. The molecule has 0 unspecified atom stereocenters. The summed E-state index contributed by atoms with van der Waals surface area (Å²) in [5.41, 5.74) is 3.78. The zero-order valence-corrected chi connectivity index (χ0v) is 16.4. The molecule has 1 aliphatic rings. The maximum atomic E-state index is 4.80. The Hall–Kier alpha value is -1.98. The first-order valence-corrected chi connectivity index (χ1v) is 10.3. The quantitative estimate of drug-likeness (QED) is 0.681. The molecule has 0 N–H and O–H groups in total. The Kier molecular flexibility index (Phi) is 5.18. The van der Waals surface area contributed by atoms with Gasteiger partial charge in [-0.3, -0.25) is 4.90 Å². The molecule has 0 bridgehead atoms. The highest BCUT2D eigenvalue weighted by Gasteiger charge is 2.17. The average molecular weight is 367 g/mol. The molecule has 3 aromatic rings. The molecule has 0 radical (unpaired) electrons. The second-order valence-electron chi connectivity index (χ2n) is 7.15. The molecule has 0 aliphatic carbocycles. The van der Waals surface area contributed by atoms with E-state index in [1.54, 1.807) is 0 Å². The Balaban J connectivity index is 1.26.